The standard InChI is InChI=1S/C11H10BrNO/c1-2-13-6-8(7-14)10-4-3-9(12)5-11(10)13/h3-7H,2H2,1H3. The number of fused-ring (bicyclic) bond motifs is 1. The van der Waals surface area contributed by atoms with E-state index < -0.39 is 0 Å². The predicted molar refractivity (Wildman–Crippen MR) is 60.7 cm³/mol. The second-order valence-corrected chi connectivity index (χ2v) is 4.07. The van der Waals surface area contributed by atoms with Gasteiger partial charge in [-0.25, -0.2) is 0 Å². The van der Waals surface area contributed by atoms with Crippen molar-refractivity contribution in [3.8, 4) is 0 Å². The zero-order valence-electron chi connectivity index (χ0n) is 7.83. The normalized spacial score (nSPS) is 10.7. The van der Waals surface area contributed by atoms with Crippen LogP contribution in [0, 0.1) is 0 Å². The second kappa shape index (κ2) is 3.58. The molecular formula is C11H10BrNO. The molecule has 1 aromatic carbocycles. The highest BCUT2D eigenvalue weighted by molar-refractivity contribution is 9.10. The Balaban J connectivity index is 2.82. The lowest BCUT2D eigenvalue weighted by molar-refractivity contribution is 0.112. The summed E-state index contributed by atoms with van der Waals surface area (Å²) in [7, 11) is 0. The minimum Gasteiger partial charge on any atom is -0.347 e. The zero-order chi connectivity index (χ0) is 10.1. The maximum absolute atomic E-state index is 10.8. The molecule has 0 radical (unpaired) electrons. The first-order chi connectivity index (χ1) is 6.76. The number of aryl methyl sites for hydroxylation is 1. The first-order valence-electron chi connectivity index (χ1n) is 4.50. The Kier molecular flexibility index (Phi) is 2.42. The molecule has 0 atom stereocenters. The highest BCUT2D eigenvalue weighted by Crippen LogP contribution is 2.23. The molecule has 0 fully saturated rings. The lowest BCUT2D eigenvalue weighted by Gasteiger charge is -1.99. The Morgan fingerprint density at radius 3 is 2.93 bits per heavy atom. The summed E-state index contributed by atoms with van der Waals surface area (Å²) in [5, 5.41) is 1.02. The van der Waals surface area contributed by atoms with E-state index in [9.17, 15) is 4.79 Å². The van der Waals surface area contributed by atoms with Crippen LogP contribution in [0.25, 0.3) is 10.9 Å². The maximum Gasteiger partial charge on any atom is 0.152 e. The van der Waals surface area contributed by atoms with Crippen LogP contribution in [0.4, 0.5) is 0 Å². The van der Waals surface area contributed by atoms with Crippen LogP contribution in [0.2, 0.25) is 0 Å². The molecule has 2 nitrogen and oxygen atoms in total. The third kappa shape index (κ3) is 1.38. The predicted octanol–water partition coefficient (Wildman–Crippen LogP) is 3.24. The molecule has 3 heteroatoms. The third-order valence-electron chi connectivity index (χ3n) is 2.34. The molecule has 0 spiro atoms. The van der Waals surface area contributed by atoms with E-state index in [2.05, 4.69) is 27.4 Å². The summed E-state index contributed by atoms with van der Waals surface area (Å²) in [6, 6.07) is 5.95. The molecule has 0 aliphatic rings. The van der Waals surface area contributed by atoms with Crippen LogP contribution in [-0.4, -0.2) is 10.9 Å². The average molecular weight is 252 g/mol. The number of carbonyl (C=O) groups excluding carboxylic acids is 1. The third-order valence-corrected chi connectivity index (χ3v) is 2.84. The van der Waals surface area contributed by atoms with Crippen LogP contribution in [0.3, 0.4) is 0 Å². The number of carbonyl (C=O) groups is 1. The van der Waals surface area contributed by atoms with E-state index in [1.54, 1.807) is 0 Å². The van der Waals surface area contributed by atoms with E-state index in [-0.39, 0.29) is 0 Å². The van der Waals surface area contributed by atoms with Gasteiger partial charge in [-0.05, 0) is 19.1 Å². The Morgan fingerprint density at radius 2 is 2.29 bits per heavy atom. The summed E-state index contributed by atoms with van der Waals surface area (Å²) in [6.45, 7) is 2.94. The van der Waals surface area contributed by atoms with Gasteiger partial charge in [0.25, 0.3) is 0 Å². The average Bonchev–Trinajstić information content (AvgIpc) is 2.55. The van der Waals surface area contributed by atoms with Crippen molar-refractivity contribution >= 4 is 33.1 Å². The van der Waals surface area contributed by atoms with Gasteiger partial charge >= 0.3 is 0 Å². The van der Waals surface area contributed by atoms with Crippen LogP contribution in [0.15, 0.2) is 28.9 Å². The molecule has 0 aliphatic heterocycles. The van der Waals surface area contributed by atoms with Crippen molar-refractivity contribution in [2.45, 2.75) is 13.5 Å². The van der Waals surface area contributed by atoms with Gasteiger partial charge in [-0.2, -0.15) is 0 Å². The first-order valence-corrected chi connectivity index (χ1v) is 5.29. The molecule has 0 N–H and O–H groups in total. The highest BCUT2D eigenvalue weighted by atomic mass is 79.9. The number of benzene rings is 1. The van der Waals surface area contributed by atoms with Crippen molar-refractivity contribution in [1.82, 2.24) is 4.57 Å². The zero-order valence-corrected chi connectivity index (χ0v) is 9.41. The molecule has 0 aliphatic carbocycles. The fraction of sp³-hybridized carbons (Fsp3) is 0.182. The first kappa shape index (κ1) is 9.46. The molecule has 1 aromatic heterocycles. The Hall–Kier alpha value is -1.09. The lowest BCUT2D eigenvalue weighted by atomic mass is 10.2. The molecular weight excluding hydrogens is 242 g/mol. The number of aromatic nitrogens is 1. The minimum atomic E-state index is 0.759. The van der Waals surface area contributed by atoms with Crippen molar-refractivity contribution in [3.63, 3.8) is 0 Å². The molecule has 0 saturated heterocycles. The lowest BCUT2D eigenvalue weighted by Crippen LogP contribution is -1.90. The molecule has 0 bridgehead atoms. The van der Waals surface area contributed by atoms with E-state index >= 15 is 0 Å². The van der Waals surface area contributed by atoms with Gasteiger partial charge in [-0.15, -0.1) is 0 Å². The Bertz CT molecular complexity index is 487. The summed E-state index contributed by atoms with van der Waals surface area (Å²) in [5.74, 6) is 0. The van der Waals surface area contributed by atoms with Gasteiger partial charge in [0, 0.05) is 33.7 Å². The van der Waals surface area contributed by atoms with Gasteiger partial charge in [-0.3, -0.25) is 4.79 Å². The van der Waals surface area contributed by atoms with Crippen LogP contribution in [0.1, 0.15) is 17.3 Å². The van der Waals surface area contributed by atoms with Crippen LogP contribution in [0.5, 0.6) is 0 Å². The van der Waals surface area contributed by atoms with E-state index in [1.807, 2.05) is 24.4 Å². The molecule has 14 heavy (non-hydrogen) atoms. The fourth-order valence-corrected chi connectivity index (χ4v) is 2.00. The monoisotopic (exact) mass is 251 g/mol. The van der Waals surface area contributed by atoms with Crippen molar-refractivity contribution in [1.29, 1.82) is 0 Å². The summed E-state index contributed by atoms with van der Waals surface area (Å²) in [6.07, 6.45) is 2.80. The number of hydrogen-bond donors (Lipinski definition) is 0. The van der Waals surface area contributed by atoms with Crippen molar-refractivity contribution in [3.05, 3.63) is 34.4 Å². The van der Waals surface area contributed by atoms with Crippen molar-refractivity contribution < 1.29 is 4.79 Å². The topological polar surface area (TPSA) is 22.0 Å². The number of rotatable bonds is 2. The summed E-state index contributed by atoms with van der Waals surface area (Å²) >= 11 is 3.43. The molecule has 1 heterocycles. The SMILES string of the molecule is CCn1cc(C=O)c2ccc(Br)cc21. The van der Waals surface area contributed by atoms with E-state index in [0.717, 1.165) is 33.8 Å². The van der Waals surface area contributed by atoms with E-state index in [0.29, 0.717) is 0 Å². The van der Waals surface area contributed by atoms with Crippen LogP contribution >= 0.6 is 15.9 Å². The quantitative estimate of drug-likeness (QED) is 0.752. The molecule has 72 valence electrons. The maximum atomic E-state index is 10.8. The highest BCUT2D eigenvalue weighted by Gasteiger charge is 2.06. The van der Waals surface area contributed by atoms with Gasteiger partial charge in [0.15, 0.2) is 6.29 Å². The largest absolute Gasteiger partial charge is 0.347 e. The number of halogens is 1. The van der Waals surface area contributed by atoms with Gasteiger partial charge < -0.3 is 4.57 Å². The van der Waals surface area contributed by atoms with Gasteiger partial charge in [0.05, 0.1) is 0 Å². The van der Waals surface area contributed by atoms with Gasteiger partial charge in [0.2, 0.25) is 0 Å². The molecule has 2 aromatic rings. The Labute approximate surface area is 90.7 Å². The molecule has 0 amide bonds. The smallest absolute Gasteiger partial charge is 0.152 e. The summed E-state index contributed by atoms with van der Waals surface area (Å²) in [4.78, 5) is 10.8. The number of nitrogens with zero attached hydrogens (tertiary/aromatic N) is 1. The minimum absolute atomic E-state index is 0.759. The van der Waals surface area contributed by atoms with E-state index in [1.165, 1.54) is 0 Å². The van der Waals surface area contributed by atoms with Crippen molar-refractivity contribution in [2.24, 2.45) is 0 Å². The molecule has 2 rings (SSSR count). The van der Waals surface area contributed by atoms with Crippen LogP contribution < -0.4 is 0 Å². The fourth-order valence-electron chi connectivity index (χ4n) is 1.65. The van der Waals surface area contributed by atoms with E-state index in [4.69, 9.17) is 0 Å². The van der Waals surface area contributed by atoms with Crippen molar-refractivity contribution in [2.75, 3.05) is 0 Å². The summed E-state index contributed by atoms with van der Waals surface area (Å²) in [5.41, 5.74) is 1.86. The number of hydrogen-bond acceptors (Lipinski definition) is 1. The molecule has 0 saturated carbocycles. The van der Waals surface area contributed by atoms with Gasteiger partial charge in [0.1, 0.15) is 0 Å². The second-order valence-electron chi connectivity index (χ2n) is 3.15. The van der Waals surface area contributed by atoms with Crippen LogP contribution in [-0.2, 0) is 6.54 Å². The van der Waals surface area contributed by atoms with Gasteiger partial charge in [-0.1, -0.05) is 22.0 Å². The molecule has 0 unspecified atom stereocenters. The number of aldehydes is 1. The Morgan fingerprint density at radius 1 is 1.50 bits per heavy atom. The summed E-state index contributed by atoms with van der Waals surface area (Å²) < 4.78 is 3.11.